The van der Waals surface area contributed by atoms with Gasteiger partial charge in [-0.05, 0) is 31.0 Å². The van der Waals surface area contributed by atoms with Gasteiger partial charge < -0.3 is 19.7 Å². The number of hydrogen-bond donors (Lipinski definition) is 1. The summed E-state index contributed by atoms with van der Waals surface area (Å²) in [7, 11) is 1.58. The summed E-state index contributed by atoms with van der Waals surface area (Å²) < 4.78 is 12.5. The predicted octanol–water partition coefficient (Wildman–Crippen LogP) is 2.42. The van der Waals surface area contributed by atoms with Crippen LogP contribution in [0.2, 0.25) is 0 Å². The van der Waals surface area contributed by atoms with Gasteiger partial charge in [0.2, 0.25) is 0 Å². The molecule has 1 saturated heterocycles. The molecular weight excluding hydrogens is 396 g/mol. The van der Waals surface area contributed by atoms with Crippen molar-refractivity contribution in [1.29, 1.82) is 0 Å². The molecule has 5 rings (SSSR count). The number of nitrogens with zero attached hydrogens (tertiary/aromatic N) is 3. The Balaban J connectivity index is 1.36. The van der Waals surface area contributed by atoms with Crippen LogP contribution in [0.5, 0.6) is 11.5 Å². The molecule has 0 aliphatic carbocycles. The van der Waals surface area contributed by atoms with Crippen LogP contribution in [0.3, 0.4) is 0 Å². The lowest BCUT2D eigenvalue weighted by molar-refractivity contribution is 0.0708. The highest BCUT2D eigenvalue weighted by Crippen LogP contribution is 2.33. The average molecular weight is 420 g/mol. The fourth-order valence-electron chi connectivity index (χ4n) is 4.26. The maximum atomic E-state index is 13.4. The first-order chi connectivity index (χ1) is 15.1. The minimum atomic E-state index is -0.205. The molecule has 0 saturated carbocycles. The largest absolute Gasteiger partial charge is 0.486 e. The number of ether oxygens (including phenoxy) is 2. The monoisotopic (exact) mass is 420 g/mol. The van der Waals surface area contributed by atoms with E-state index >= 15 is 0 Å². The van der Waals surface area contributed by atoms with Gasteiger partial charge in [-0.3, -0.25) is 9.59 Å². The number of piperidine rings is 1. The first kappa shape index (κ1) is 19.4. The first-order valence-corrected chi connectivity index (χ1v) is 10.5. The average Bonchev–Trinajstić information content (AvgIpc) is 2.81. The number of fused-ring (bicyclic) bond motifs is 2. The molecule has 0 unspecified atom stereocenters. The van der Waals surface area contributed by atoms with Crippen LogP contribution in [0.25, 0.3) is 10.8 Å². The Morgan fingerprint density at radius 2 is 1.87 bits per heavy atom. The third kappa shape index (κ3) is 3.69. The number of likely N-dealkylation sites (tertiary alicyclic amines) is 1. The summed E-state index contributed by atoms with van der Waals surface area (Å²) in [5.74, 6) is 1.34. The Hall–Kier alpha value is -3.55. The summed E-state index contributed by atoms with van der Waals surface area (Å²) in [5.41, 5.74) is 1.05. The lowest BCUT2D eigenvalue weighted by atomic mass is 10.0. The number of anilines is 1. The second-order valence-corrected chi connectivity index (χ2v) is 7.92. The fourth-order valence-corrected chi connectivity index (χ4v) is 4.26. The highest BCUT2D eigenvalue weighted by Gasteiger charge is 2.27. The van der Waals surface area contributed by atoms with Gasteiger partial charge in [-0.25, -0.2) is 4.68 Å². The third-order valence-corrected chi connectivity index (χ3v) is 5.78. The smallest absolute Gasteiger partial charge is 0.275 e. The Bertz CT molecular complexity index is 1210. The number of rotatable bonds is 3. The molecule has 0 spiro atoms. The zero-order valence-electron chi connectivity index (χ0n) is 17.3. The first-order valence-electron chi connectivity index (χ1n) is 10.5. The number of benzene rings is 2. The normalized spacial score (nSPS) is 18.1. The molecular formula is C23H24N4O4. The second kappa shape index (κ2) is 7.94. The van der Waals surface area contributed by atoms with E-state index in [0.717, 1.165) is 30.0 Å². The maximum Gasteiger partial charge on any atom is 0.275 e. The van der Waals surface area contributed by atoms with Crippen molar-refractivity contribution in [2.45, 2.75) is 18.9 Å². The lowest BCUT2D eigenvalue weighted by Crippen LogP contribution is -2.45. The van der Waals surface area contributed by atoms with Gasteiger partial charge in [-0.1, -0.05) is 18.2 Å². The van der Waals surface area contributed by atoms with Crippen molar-refractivity contribution in [3.8, 4) is 11.5 Å². The number of amides is 1. The number of aryl methyl sites for hydroxylation is 1. The van der Waals surface area contributed by atoms with Crippen molar-refractivity contribution in [3.05, 3.63) is 58.5 Å². The molecule has 2 aromatic carbocycles. The standard InChI is InChI=1S/C23H24N4O4/c1-26-22(28)18-7-3-2-6-17(18)21(25-26)23(29)27-10-4-5-16(14-27)24-15-8-9-19-20(13-15)31-12-11-30-19/h2-3,6-9,13,16,24H,4-5,10-12,14H2,1H3/t16-/m1/s1. The molecule has 1 N–H and O–H groups in total. The summed E-state index contributed by atoms with van der Waals surface area (Å²) in [6, 6.07) is 13.1. The van der Waals surface area contributed by atoms with E-state index in [4.69, 9.17) is 9.47 Å². The number of nitrogens with one attached hydrogen (secondary N) is 1. The van der Waals surface area contributed by atoms with Crippen molar-refractivity contribution in [2.24, 2.45) is 7.05 Å². The molecule has 8 heteroatoms. The highest BCUT2D eigenvalue weighted by atomic mass is 16.6. The van der Waals surface area contributed by atoms with Gasteiger partial charge >= 0.3 is 0 Å². The molecule has 31 heavy (non-hydrogen) atoms. The van der Waals surface area contributed by atoms with Crippen LogP contribution in [-0.4, -0.2) is 52.9 Å². The number of aromatic nitrogens is 2. The summed E-state index contributed by atoms with van der Waals surface area (Å²) >= 11 is 0. The summed E-state index contributed by atoms with van der Waals surface area (Å²) in [5, 5.41) is 8.92. The van der Waals surface area contributed by atoms with E-state index < -0.39 is 0 Å². The summed E-state index contributed by atoms with van der Waals surface area (Å²) in [6.45, 7) is 2.33. The van der Waals surface area contributed by atoms with Gasteiger partial charge in [0.15, 0.2) is 17.2 Å². The van der Waals surface area contributed by atoms with E-state index in [2.05, 4.69) is 10.4 Å². The molecule has 1 aromatic heterocycles. The Labute approximate surface area is 179 Å². The number of carbonyl (C=O) groups excluding carboxylic acids is 1. The van der Waals surface area contributed by atoms with Crippen LogP contribution in [0, 0.1) is 0 Å². The maximum absolute atomic E-state index is 13.4. The minimum absolute atomic E-state index is 0.110. The van der Waals surface area contributed by atoms with E-state index in [1.54, 1.807) is 25.2 Å². The SMILES string of the molecule is Cn1nc(C(=O)N2CCC[C@@H](Nc3ccc4c(c3)OCCO4)C2)c2ccccc2c1=O. The zero-order valence-corrected chi connectivity index (χ0v) is 17.3. The number of hydrogen-bond acceptors (Lipinski definition) is 6. The molecule has 160 valence electrons. The van der Waals surface area contributed by atoms with E-state index in [1.807, 2.05) is 29.2 Å². The molecule has 1 atom stereocenters. The molecule has 8 nitrogen and oxygen atoms in total. The zero-order chi connectivity index (χ0) is 21.4. The van der Waals surface area contributed by atoms with Crippen LogP contribution in [-0.2, 0) is 7.05 Å². The van der Waals surface area contributed by atoms with Crippen LogP contribution < -0.4 is 20.3 Å². The molecule has 2 aliphatic heterocycles. The van der Waals surface area contributed by atoms with E-state index in [1.165, 1.54) is 4.68 Å². The highest BCUT2D eigenvalue weighted by molar-refractivity contribution is 6.04. The molecule has 3 aromatic rings. The fraction of sp³-hybridized carbons (Fsp3) is 0.348. The van der Waals surface area contributed by atoms with E-state index in [-0.39, 0.29) is 17.5 Å². The quantitative estimate of drug-likeness (QED) is 0.701. The van der Waals surface area contributed by atoms with Gasteiger partial charge in [0, 0.05) is 43.3 Å². The van der Waals surface area contributed by atoms with Gasteiger partial charge in [0.25, 0.3) is 11.5 Å². The van der Waals surface area contributed by atoms with Gasteiger partial charge in [0.1, 0.15) is 13.2 Å². The lowest BCUT2D eigenvalue weighted by Gasteiger charge is -2.34. The molecule has 3 heterocycles. The van der Waals surface area contributed by atoms with Gasteiger partial charge in [0.05, 0.1) is 5.39 Å². The van der Waals surface area contributed by atoms with Gasteiger partial charge in [-0.2, -0.15) is 5.10 Å². The molecule has 0 radical (unpaired) electrons. The molecule has 1 fully saturated rings. The van der Waals surface area contributed by atoms with Crippen molar-refractivity contribution in [3.63, 3.8) is 0 Å². The topological polar surface area (TPSA) is 85.7 Å². The minimum Gasteiger partial charge on any atom is -0.486 e. The van der Waals surface area contributed by atoms with Gasteiger partial charge in [-0.15, -0.1) is 0 Å². The van der Waals surface area contributed by atoms with Crippen molar-refractivity contribution in [1.82, 2.24) is 14.7 Å². The molecule has 1 amide bonds. The summed E-state index contributed by atoms with van der Waals surface area (Å²) in [4.78, 5) is 27.6. The van der Waals surface area contributed by atoms with E-state index in [9.17, 15) is 9.59 Å². The van der Waals surface area contributed by atoms with Crippen LogP contribution in [0.1, 0.15) is 23.3 Å². The number of carbonyl (C=O) groups is 1. The third-order valence-electron chi connectivity index (χ3n) is 5.78. The Morgan fingerprint density at radius 1 is 1.10 bits per heavy atom. The second-order valence-electron chi connectivity index (χ2n) is 7.92. The van der Waals surface area contributed by atoms with Crippen molar-refractivity contribution >= 4 is 22.4 Å². The predicted molar refractivity (Wildman–Crippen MR) is 117 cm³/mol. The van der Waals surface area contributed by atoms with Crippen LogP contribution >= 0.6 is 0 Å². The van der Waals surface area contributed by atoms with Crippen LogP contribution in [0.15, 0.2) is 47.3 Å². The van der Waals surface area contributed by atoms with Crippen LogP contribution in [0.4, 0.5) is 5.69 Å². The van der Waals surface area contributed by atoms with E-state index in [0.29, 0.717) is 42.8 Å². The Kier molecular flexibility index (Phi) is 4.97. The van der Waals surface area contributed by atoms with Crippen molar-refractivity contribution in [2.75, 3.05) is 31.6 Å². The Morgan fingerprint density at radius 3 is 2.71 bits per heavy atom. The molecule has 2 aliphatic rings. The van der Waals surface area contributed by atoms with Crippen molar-refractivity contribution < 1.29 is 14.3 Å². The summed E-state index contributed by atoms with van der Waals surface area (Å²) in [6.07, 6.45) is 1.84. The molecule has 0 bridgehead atoms.